The van der Waals surface area contributed by atoms with E-state index < -0.39 is 0 Å². The van der Waals surface area contributed by atoms with Crippen molar-refractivity contribution in [3.63, 3.8) is 0 Å². The van der Waals surface area contributed by atoms with Gasteiger partial charge in [-0.1, -0.05) is 124 Å². The van der Waals surface area contributed by atoms with Crippen LogP contribution in [-0.4, -0.2) is 20.1 Å². The molecule has 0 saturated heterocycles. The van der Waals surface area contributed by atoms with Gasteiger partial charge in [-0.15, -0.1) is 0 Å². The van der Waals surface area contributed by atoms with Gasteiger partial charge in [0.15, 0.2) is 0 Å². The Labute approximate surface area is 413 Å². The number of aryl methyl sites for hydroxylation is 9. The van der Waals surface area contributed by atoms with Crippen molar-refractivity contribution >= 4 is 138 Å². The average molecular weight is 897 g/mol. The molecule has 0 bridgehead atoms. The zero-order chi connectivity index (χ0) is 47.3. The standard InChI is InChI=1S/C63H51B3N4/c1-34-10-19-43(20-11-34)67-52-25-16-37(4)28-46(52)64-50-32-41(8)59-56-62(50)70-61-49(31-40(7)58(67)55(61)64)65-47-29-38(5)17-26-53(47)68(44-21-12-35(2)13-22-44)60-42(9)33-51(63(70)57(60)65)66(56)48-30-39(6)18-27-54(48)69(59)45-23-14-36(3)15-24-45/h10-33H,1-9H3. The molecule has 70 heavy (non-hydrogen) atoms. The summed E-state index contributed by atoms with van der Waals surface area (Å²) in [5.74, 6) is 0. The van der Waals surface area contributed by atoms with Crippen LogP contribution in [0.5, 0.6) is 0 Å². The van der Waals surface area contributed by atoms with Crippen molar-refractivity contribution in [2.75, 3.05) is 19.6 Å². The number of hydrogen-bond donors (Lipinski definition) is 0. The molecule has 15 rings (SSSR count). The van der Waals surface area contributed by atoms with E-state index in [4.69, 9.17) is 0 Å². The smallest absolute Gasteiger partial charge is 0.252 e. The molecule has 332 valence electrons. The van der Waals surface area contributed by atoms with Gasteiger partial charge in [0.05, 0.1) is 0 Å². The van der Waals surface area contributed by atoms with Crippen molar-refractivity contribution in [2.45, 2.75) is 62.3 Å². The molecule has 0 spiro atoms. The average Bonchev–Trinajstić information content (AvgIpc) is 3.34. The van der Waals surface area contributed by atoms with Crippen LogP contribution in [0, 0.1) is 62.3 Å². The number of hydrogen-bond acceptors (Lipinski definition) is 4. The van der Waals surface area contributed by atoms with Crippen LogP contribution in [0.1, 0.15) is 50.1 Å². The number of anilines is 12. The number of rotatable bonds is 3. The predicted octanol–water partition coefficient (Wildman–Crippen LogP) is 9.77. The summed E-state index contributed by atoms with van der Waals surface area (Å²) in [5, 5.41) is 0. The minimum atomic E-state index is 0.0144. The van der Waals surface area contributed by atoms with Gasteiger partial charge >= 0.3 is 0 Å². The number of benzene rings is 9. The fraction of sp³-hybridized carbons (Fsp3) is 0.143. The highest BCUT2D eigenvalue weighted by molar-refractivity contribution is 7.08. The first kappa shape index (κ1) is 40.3. The molecule has 0 N–H and O–H groups in total. The van der Waals surface area contributed by atoms with E-state index in [0.717, 1.165) is 0 Å². The second kappa shape index (κ2) is 13.8. The Hall–Kier alpha value is -7.63. The monoisotopic (exact) mass is 896 g/mol. The van der Waals surface area contributed by atoms with Gasteiger partial charge in [0.2, 0.25) is 0 Å². The molecule has 9 aromatic rings. The van der Waals surface area contributed by atoms with Gasteiger partial charge in [-0.25, -0.2) is 0 Å². The maximum atomic E-state index is 2.83. The lowest BCUT2D eigenvalue weighted by atomic mass is 9.24. The normalized spacial score (nSPS) is 14.4. The van der Waals surface area contributed by atoms with Gasteiger partial charge in [0.1, 0.15) is 0 Å². The summed E-state index contributed by atoms with van der Waals surface area (Å²) in [7, 11) is 0. The van der Waals surface area contributed by atoms with Crippen molar-refractivity contribution in [2.24, 2.45) is 0 Å². The minimum absolute atomic E-state index is 0.0144. The minimum Gasteiger partial charge on any atom is -0.313 e. The lowest BCUT2D eigenvalue weighted by molar-refractivity contribution is 1.20. The molecular formula is C63H51B3N4. The van der Waals surface area contributed by atoms with Gasteiger partial charge in [0, 0.05) is 68.2 Å². The summed E-state index contributed by atoms with van der Waals surface area (Å²) in [4.78, 5) is 10.6. The molecule has 0 atom stereocenters. The van der Waals surface area contributed by atoms with Gasteiger partial charge < -0.3 is 19.6 Å². The van der Waals surface area contributed by atoms with Crippen LogP contribution in [-0.2, 0) is 0 Å². The van der Waals surface area contributed by atoms with Crippen LogP contribution in [0.4, 0.5) is 68.2 Å². The molecular weight excluding hydrogens is 845 g/mol. The van der Waals surface area contributed by atoms with E-state index in [2.05, 4.69) is 228 Å². The van der Waals surface area contributed by atoms with Crippen LogP contribution < -0.4 is 68.8 Å². The molecule has 0 unspecified atom stereocenters. The van der Waals surface area contributed by atoms with Crippen LogP contribution >= 0.6 is 0 Å². The van der Waals surface area contributed by atoms with Gasteiger partial charge in [0.25, 0.3) is 20.1 Å². The second-order valence-electron chi connectivity index (χ2n) is 21.5. The highest BCUT2D eigenvalue weighted by Gasteiger charge is 2.57. The fourth-order valence-corrected chi connectivity index (χ4v) is 14.0. The predicted molar refractivity (Wildman–Crippen MR) is 302 cm³/mol. The van der Waals surface area contributed by atoms with E-state index in [9.17, 15) is 0 Å². The summed E-state index contributed by atoms with van der Waals surface area (Å²) >= 11 is 0. The van der Waals surface area contributed by atoms with E-state index in [1.54, 1.807) is 0 Å². The zero-order valence-corrected chi connectivity index (χ0v) is 41.4. The molecule has 7 heteroatoms. The molecule has 4 nitrogen and oxygen atoms in total. The SMILES string of the molecule is Cc1ccc(N2c3ccc(C)cc3B3c4cc(C)c5c6c4N4c7c(cc(C)c2c73)B2c3cc(C)ccc3N(c3ccc(C)cc3)c3c(C)cc(c4c32)B6c2cc(C)ccc2N5c2ccc(C)cc2)cc1. The van der Waals surface area contributed by atoms with Crippen LogP contribution in [0.3, 0.4) is 0 Å². The van der Waals surface area contributed by atoms with Crippen molar-refractivity contribution in [1.29, 1.82) is 0 Å². The van der Waals surface area contributed by atoms with Crippen molar-refractivity contribution < 1.29 is 0 Å². The third-order valence-corrected chi connectivity index (χ3v) is 16.8. The molecule has 6 aliphatic rings. The Balaban J connectivity index is 1.15. The Morgan fingerprint density at radius 1 is 0.243 bits per heavy atom. The van der Waals surface area contributed by atoms with Crippen LogP contribution in [0.15, 0.2) is 146 Å². The van der Waals surface area contributed by atoms with E-state index in [1.807, 2.05) is 0 Å². The van der Waals surface area contributed by atoms with E-state index in [-0.39, 0.29) is 20.1 Å². The zero-order valence-electron chi connectivity index (χ0n) is 41.4. The van der Waals surface area contributed by atoms with Gasteiger partial charge in [-0.05, 0) is 183 Å². The maximum Gasteiger partial charge on any atom is 0.252 e. The third-order valence-electron chi connectivity index (χ3n) is 16.8. The van der Waals surface area contributed by atoms with Crippen molar-refractivity contribution in [3.05, 3.63) is 196 Å². The molecule has 6 heterocycles. The lowest BCUT2D eigenvalue weighted by Gasteiger charge is -2.55. The van der Waals surface area contributed by atoms with E-state index in [1.165, 1.54) is 167 Å². The highest BCUT2D eigenvalue weighted by atomic mass is 15.2. The molecule has 0 radical (unpaired) electrons. The Morgan fingerprint density at radius 2 is 0.500 bits per heavy atom. The first-order valence-corrected chi connectivity index (χ1v) is 25.2. The Kier molecular flexibility index (Phi) is 7.93. The summed E-state index contributed by atoms with van der Waals surface area (Å²) in [6.07, 6.45) is 0. The Bertz CT molecular complexity index is 3460. The molecule has 0 saturated carbocycles. The van der Waals surface area contributed by atoms with Gasteiger partial charge in [-0.2, -0.15) is 0 Å². The number of fused-ring (bicyclic) bond motifs is 9. The summed E-state index contributed by atoms with van der Waals surface area (Å²) < 4.78 is 0. The van der Waals surface area contributed by atoms with E-state index >= 15 is 0 Å². The van der Waals surface area contributed by atoms with E-state index in [0.29, 0.717) is 0 Å². The molecule has 0 fully saturated rings. The topological polar surface area (TPSA) is 13.0 Å². The van der Waals surface area contributed by atoms with Gasteiger partial charge in [-0.3, -0.25) is 0 Å². The van der Waals surface area contributed by atoms with Crippen LogP contribution in [0.2, 0.25) is 0 Å². The molecule has 6 aliphatic heterocycles. The second-order valence-corrected chi connectivity index (χ2v) is 21.5. The van der Waals surface area contributed by atoms with Crippen molar-refractivity contribution in [1.82, 2.24) is 0 Å². The molecule has 9 aromatic carbocycles. The first-order valence-electron chi connectivity index (χ1n) is 25.2. The summed E-state index contributed by atoms with van der Waals surface area (Å²) in [6, 6.07) is 57.1. The number of nitrogens with zero attached hydrogens (tertiary/aromatic N) is 4. The Morgan fingerprint density at radius 3 is 0.771 bits per heavy atom. The maximum absolute atomic E-state index is 2.83. The molecule has 0 aliphatic carbocycles. The van der Waals surface area contributed by atoms with Crippen LogP contribution in [0.25, 0.3) is 0 Å². The molecule has 0 aromatic heterocycles. The lowest BCUT2D eigenvalue weighted by Crippen LogP contribution is -2.74. The van der Waals surface area contributed by atoms with Crippen molar-refractivity contribution in [3.8, 4) is 0 Å². The molecule has 0 amide bonds. The largest absolute Gasteiger partial charge is 0.313 e. The quantitative estimate of drug-likeness (QED) is 0.164. The third kappa shape index (κ3) is 5.05. The summed E-state index contributed by atoms with van der Waals surface area (Å²) in [6.45, 7) is 20.6. The fourth-order valence-electron chi connectivity index (χ4n) is 14.0. The summed E-state index contributed by atoms with van der Waals surface area (Å²) in [5.41, 5.74) is 39.6. The first-order chi connectivity index (χ1) is 33.9. The highest BCUT2D eigenvalue weighted by Crippen LogP contribution is 2.52.